The molecule has 26 heavy (non-hydrogen) atoms. The number of nitrogens with one attached hydrogen (secondary N) is 1. The van der Waals surface area contributed by atoms with Crippen LogP contribution in [0.1, 0.15) is 64.2 Å². The summed E-state index contributed by atoms with van der Waals surface area (Å²) in [5.41, 5.74) is -0.162. The van der Waals surface area contributed by atoms with E-state index in [1.165, 1.54) is 31.9 Å². The fraction of sp³-hybridized carbons (Fsp3) is 0.947. The topological polar surface area (TPSA) is 75.7 Å². The maximum absolute atomic E-state index is 12.5. The minimum absolute atomic E-state index is 0.162. The number of hydrogen-bond acceptors (Lipinski definition) is 4. The molecule has 0 aromatic carbocycles. The lowest BCUT2D eigenvalue weighted by molar-refractivity contribution is -0.147. The van der Waals surface area contributed by atoms with Crippen LogP contribution >= 0.6 is 0 Å². The maximum Gasteiger partial charge on any atom is 0.222 e. The van der Waals surface area contributed by atoms with Crippen LogP contribution in [0.25, 0.3) is 0 Å². The van der Waals surface area contributed by atoms with E-state index in [0.29, 0.717) is 31.4 Å². The standard InChI is InChI=1S/C19H34N2O4S/c1-26(23,24)20-15-17-8-13-25-19(14-17)9-11-21(12-10-19)18(22)7-6-16-4-2-3-5-16/h16-17,20H,2-15H2,1H3. The van der Waals surface area contributed by atoms with E-state index in [4.69, 9.17) is 4.74 Å². The average Bonchev–Trinajstić information content (AvgIpc) is 3.12. The number of likely N-dealkylation sites (tertiary alicyclic amines) is 1. The number of ether oxygens (including phenoxy) is 1. The molecule has 3 rings (SSSR count). The van der Waals surface area contributed by atoms with Crippen LogP contribution in [0.4, 0.5) is 0 Å². The molecule has 3 fully saturated rings. The molecule has 2 heterocycles. The summed E-state index contributed by atoms with van der Waals surface area (Å²) in [4.78, 5) is 14.5. The molecule has 3 aliphatic rings. The minimum atomic E-state index is -3.14. The van der Waals surface area contributed by atoms with Crippen molar-refractivity contribution in [1.82, 2.24) is 9.62 Å². The molecule has 1 spiro atoms. The van der Waals surface area contributed by atoms with Gasteiger partial charge in [-0.25, -0.2) is 13.1 Å². The van der Waals surface area contributed by atoms with Crippen LogP contribution in [0.15, 0.2) is 0 Å². The van der Waals surface area contributed by atoms with E-state index in [2.05, 4.69) is 4.72 Å². The van der Waals surface area contributed by atoms with Crippen LogP contribution in [0.3, 0.4) is 0 Å². The number of rotatable bonds is 6. The zero-order valence-corrected chi connectivity index (χ0v) is 16.9. The van der Waals surface area contributed by atoms with Gasteiger partial charge in [0.05, 0.1) is 11.9 Å². The van der Waals surface area contributed by atoms with Crippen molar-refractivity contribution in [3.8, 4) is 0 Å². The number of nitrogens with zero attached hydrogens (tertiary/aromatic N) is 1. The van der Waals surface area contributed by atoms with E-state index in [1.54, 1.807) is 0 Å². The predicted octanol–water partition coefficient (Wildman–Crippen LogP) is 2.29. The first kappa shape index (κ1) is 20.1. The van der Waals surface area contributed by atoms with Crippen LogP contribution in [-0.4, -0.2) is 57.3 Å². The van der Waals surface area contributed by atoms with Gasteiger partial charge >= 0.3 is 0 Å². The Labute approximate surface area is 158 Å². The van der Waals surface area contributed by atoms with Gasteiger partial charge in [-0.2, -0.15) is 0 Å². The molecule has 1 saturated carbocycles. The SMILES string of the molecule is CS(=O)(=O)NCC1CCOC2(CCN(C(=O)CCC3CCCC3)CC2)C1. The number of hydrogen-bond donors (Lipinski definition) is 1. The van der Waals surface area contributed by atoms with Gasteiger partial charge in [0, 0.05) is 32.7 Å². The van der Waals surface area contributed by atoms with E-state index in [0.717, 1.165) is 51.1 Å². The molecule has 1 amide bonds. The number of carbonyl (C=O) groups excluding carboxylic acids is 1. The Bertz CT molecular complexity index is 578. The predicted molar refractivity (Wildman–Crippen MR) is 101 cm³/mol. The molecule has 1 unspecified atom stereocenters. The van der Waals surface area contributed by atoms with Crippen LogP contribution in [0.5, 0.6) is 0 Å². The fourth-order valence-electron chi connectivity index (χ4n) is 4.87. The smallest absolute Gasteiger partial charge is 0.222 e. The second-order valence-corrected chi connectivity index (χ2v) is 10.4. The third-order valence-corrected chi connectivity index (χ3v) is 7.19. The molecule has 2 saturated heterocycles. The van der Waals surface area contributed by atoms with Crippen LogP contribution in [-0.2, 0) is 19.6 Å². The first-order valence-electron chi connectivity index (χ1n) is 10.2. The van der Waals surface area contributed by atoms with Gasteiger partial charge in [-0.1, -0.05) is 25.7 Å². The highest BCUT2D eigenvalue weighted by Crippen LogP contribution is 2.38. The van der Waals surface area contributed by atoms with Crippen molar-refractivity contribution in [2.24, 2.45) is 11.8 Å². The number of amides is 1. The van der Waals surface area contributed by atoms with Crippen molar-refractivity contribution in [1.29, 1.82) is 0 Å². The van der Waals surface area contributed by atoms with E-state index < -0.39 is 10.0 Å². The summed E-state index contributed by atoms with van der Waals surface area (Å²) in [6.45, 7) is 2.73. The van der Waals surface area contributed by atoms with Gasteiger partial charge < -0.3 is 9.64 Å². The zero-order valence-electron chi connectivity index (χ0n) is 16.0. The average molecular weight is 387 g/mol. The van der Waals surface area contributed by atoms with Crippen LogP contribution in [0.2, 0.25) is 0 Å². The maximum atomic E-state index is 12.5. The van der Waals surface area contributed by atoms with Gasteiger partial charge in [-0.3, -0.25) is 4.79 Å². The summed E-state index contributed by atoms with van der Waals surface area (Å²) in [5.74, 6) is 1.39. The van der Waals surface area contributed by atoms with E-state index in [1.807, 2.05) is 4.90 Å². The van der Waals surface area contributed by atoms with Crippen molar-refractivity contribution < 1.29 is 17.9 Å². The molecule has 7 heteroatoms. The first-order chi connectivity index (χ1) is 12.4. The quantitative estimate of drug-likeness (QED) is 0.760. The molecule has 0 radical (unpaired) electrons. The lowest BCUT2D eigenvalue weighted by atomic mass is 9.79. The zero-order chi connectivity index (χ0) is 18.6. The van der Waals surface area contributed by atoms with Gasteiger partial charge in [0.2, 0.25) is 15.9 Å². The molecular weight excluding hydrogens is 352 g/mol. The number of carbonyl (C=O) groups is 1. The van der Waals surface area contributed by atoms with Crippen molar-refractivity contribution in [3.63, 3.8) is 0 Å². The van der Waals surface area contributed by atoms with E-state index in [-0.39, 0.29) is 5.60 Å². The summed E-state index contributed by atoms with van der Waals surface area (Å²) in [6.07, 6.45) is 11.7. The molecule has 6 nitrogen and oxygen atoms in total. The van der Waals surface area contributed by atoms with Gasteiger partial charge in [0.15, 0.2) is 0 Å². The lowest BCUT2D eigenvalue weighted by Crippen LogP contribution is -2.51. The van der Waals surface area contributed by atoms with E-state index in [9.17, 15) is 13.2 Å². The monoisotopic (exact) mass is 386 g/mol. The van der Waals surface area contributed by atoms with Gasteiger partial charge in [0.1, 0.15) is 0 Å². The van der Waals surface area contributed by atoms with Crippen LogP contribution in [0, 0.1) is 11.8 Å². The summed E-state index contributed by atoms with van der Waals surface area (Å²) in [6, 6.07) is 0. The largest absolute Gasteiger partial charge is 0.375 e. The fourth-order valence-corrected chi connectivity index (χ4v) is 5.41. The molecule has 2 aliphatic heterocycles. The second-order valence-electron chi connectivity index (χ2n) is 8.58. The molecule has 1 atom stereocenters. The van der Waals surface area contributed by atoms with Crippen molar-refractivity contribution in [2.75, 3.05) is 32.5 Å². The number of sulfonamides is 1. The lowest BCUT2D eigenvalue weighted by Gasteiger charge is -2.46. The normalized spacial score (nSPS) is 27.1. The van der Waals surface area contributed by atoms with Crippen molar-refractivity contribution in [2.45, 2.75) is 69.8 Å². The third kappa shape index (κ3) is 5.67. The first-order valence-corrected chi connectivity index (χ1v) is 12.1. The van der Waals surface area contributed by atoms with Gasteiger partial charge in [-0.15, -0.1) is 0 Å². The summed E-state index contributed by atoms with van der Waals surface area (Å²) in [7, 11) is -3.14. The highest BCUT2D eigenvalue weighted by atomic mass is 32.2. The summed E-state index contributed by atoms with van der Waals surface area (Å²) >= 11 is 0. The molecule has 1 N–H and O–H groups in total. The molecule has 150 valence electrons. The summed E-state index contributed by atoms with van der Waals surface area (Å²) < 4.78 is 31.4. The Morgan fingerprint density at radius 2 is 1.85 bits per heavy atom. The highest BCUT2D eigenvalue weighted by Gasteiger charge is 2.41. The van der Waals surface area contributed by atoms with Gasteiger partial charge in [0.25, 0.3) is 0 Å². The van der Waals surface area contributed by atoms with E-state index >= 15 is 0 Å². The molecular formula is C19H34N2O4S. The molecule has 0 aromatic heterocycles. The Kier molecular flexibility index (Phi) is 6.62. The molecule has 0 bridgehead atoms. The Morgan fingerprint density at radius 1 is 1.15 bits per heavy atom. The Hall–Kier alpha value is -0.660. The highest BCUT2D eigenvalue weighted by molar-refractivity contribution is 7.88. The van der Waals surface area contributed by atoms with Crippen molar-refractivity contribution in [3.05, 3.63) is 0 Å². The summed E-state index contributed by atoms with van der Waals surface area (Å²) in [5, 5.41) is 0. The minimum Gasteiger partial charge on any atom is -0.375 e. The second kappa shape index (κ2) is 8.57. The van der Waals surface area contributed by atoms with Gasteiger partial charge in [-0.05, 0) is 43.9 Å². The molecule has 0 aromatic rings. The number of piperidine rings is 1. The Morgan fingerprint density at radius 3 is 2.50 bits per heavy atom. The third-order valence-electron chi connectivity index (χ3n) is 6.50. The molecule has 1 aliphatic carbocycles. The Balaban J connectivity index is 1.43. The van der Waals surface area contributed by atoms with Crippen molar-refractivity contribution >= 4 is 15.9 Å². The van der Waals surface area contributed by atoms with Crippen LogP contribution < -0.4 is 4.72 Å².